The molecule has 2 aliphatic rings. The van der Waals surface area contributed by atoms with E-state index in [4.69, 9.17) is 4.98 Å². The van der Waals surface area contributed by atoms with Crippen molar-refractivity contribution >= 4 is 22.5 Å². The van der Waals surface area contributed by atoms with Crippen molar-refractivity contribution in [3.05, 3.63) is 60.2 Å². The number of carbonyl (C=O) groups is 1. The van der Waals surface area contributed by atoms with Crippen LogP contribution in [0.15, 0.2) is 54.6 Å². The summed E-state index contributed by atoms with van der Waals surface area (Å²) in [7, 11) is 0. The molecule has 0 aliphatic carbocycles. The number of aromatic nitrogens is 1. The number of rotatable bonds is 7. The van der Waals surface area contributed by atoms with E-state index in [-0.39, 0.29) is 5.91 Å². The molecule has 1 aromatic heterocycles. The van der Waals surface area contributed by atoms with Crippen LogP contribution in [0.2, 0.25) is 0 Å². The van der Waals surface area contributed by atoms with Crippen molar-refractivity contribution < 1.29 is 4.79 Å². The number of nitrogens with zero attached hydrogens (tertiary/aromatic N) is 3. The van der Waals surface area contributed by atoms with Gasteiger partial charge in [-0.3, -0.25) is 4.79 Å². The average molecular weight is 457 g/mol. The van der Waals surface area contributed by atoms with Crippen LogP contribution >= 0.6 is 0 Å². The summed E-state index contributed by atoms with van der Waals surface area (Å²) in [5.74, 6) is 0.147. The number of likely N-dealkylation sites (tertiary alicyclic amines) is 2. The molecule has 178 valence electrons. The molecule has 2 saturated heterocycles. The van der Waals surface area contributed by atoms with Crippen molar-refractivity contribution in [3.63, 3.8) is 0 Å². The Morgan fingerprint density at radius 3 is 2.32 bits per heavy atom. The highest BCUT2D eigenvalue weighted by molar-refractivity contribution is 5.96. The summed E-state index contributed by atoms with van der Waals surface area (Å²) in [5, 5.41) is 4.84. The van der Waals surface area contributed by atoms with Gasteiger partial charge in [0.15, 0.2) is 0 Å². The molecule has 5 nitrogen and oxygen atoms in total. The van der Waals surface area contributed by atoms with E-state index < -0.39 is 0 Å². The lowest BCUT2D eigenvalue weighted by atomic mass is 10.0. The molecule has 34 heavy (non-hydrogen) atoms. The van der Waals surface area contributed by atoms with E-state index >= 15 is 0 Å². The van der Waals surface area contributed by atoms with Crippen LogP contribution in [0.4, 0.5) is 5.69 Å². The Bertz CT molecular complexity index is 1100. The Labute approximate surface area is 203 Å². The lowest BCUT2D eigenvalue weighted by Gasteiger charge is -2.26. The number of hydrogen-bond donors (Lipinski definition) is 1. The van der Waals surface area contributed by atoms with Crippen molar-refractivity contribution in [2.75, 3.05) is 44.6 Å². The summed E-state index contributed by atoms with van der Waals surface area (Å²) in [5.41, 5.74) is 4.87. The Kier molecular flexibility index (Phi) is 7.40. The minimum Gasteiger partial charge on any atom is -0.384 e. The number of amides is 1. The smallest absolute Gasteiger partial charge is 0.253 e. The molecule has 2 aliphatic heterocycles. The van der Waals surface area contributed by atoms with E-state index in [0.717, 1.165) is 78.9 Å². The van der Waals surface area contributed by atoms with E-state index in [2.05, 4.69) is 34.5 Å². The molecular weight excluding hydrogens is 420 g/mol. The van der Waals surface area contributed by atoms with Gasteiger partial charge in [-0.2, -0.15) is 0 Å². The van der Waals surface area contributed by atoms with E-state index in [0.29, 0.717) is 0 Å². The summed E-state index contributed by atoms with van der Waals surface area (Å²) in [6.07, 6.45) is 8.65. The van der Waals surface area contributed by atoms with Crippen LogP contribution in [-0.4, -0.2) is 60.0 Å². The first-order valence-electron chi connectivity index (χ1n) is 13.0. The van der Waals surface area contributed by atoms with Crippen molar-refractivity contribution in [3.8, 4) is 11.3 Å². The van der Waals surface area contributed by atoms with Gasteiger partial charge in [-0.05, 0) is 82.4 Å². The highest BCUT2D eigenvalue weighted by atomic mass is 16.2. The number of anilines is 1. The third-order valence-electron chi connectivity index (χ3n) is 7.20. The molecule has 1 N–H and O–H groups in total. The summed E-state index contributed by atoms with van der Waals surface area (Å²) in [4.78, 5) is 22.3. The predicted octanol–water partition coefficient (Wildman–Crippen LogP) is 5.82. The molecule has 3 aromatic rings. The fourth-order valence-electron chi connectivity index (χ4n) is 5.24. The van der Waals surface area contributed by atoms with Crippen LogP contribution in [-0.2, 0) is 0 Å². The number of fused-ring (bicyclic) bond motifs is 1. The van der Waals surface area contributed by atoms with Crippen LogP contribution in [0.5, 0.6) is 0 Å². The van der Waals surface area contributed by atoms with Gasteiger partial charge in [0.2, 0.25) is 0 Å². The number of hydrogen-bond acceptors (Lipinski definition) is 4. The van der Waals surface area contributed by atoms with Gasteiger partial charge in [-0.15, -0.1) is 0 Å². The lowest BCUT2D eigenvalue weighted by Crippen LogP contribution is -2.35. The lowest BCUT2D eigenvalue weighted by molar-refractivity contribution is 0.0724. The molecule has 0 bridgehead atoms. The Morgan fingerprint density at radius 1 is 0.853 bits per heavy atom. The van der Waals surface area contributed by atoms with Gasteiger partial charge >= 0.3 is 0 Å². The number of pyridine rings is 1. The summed E-state index contributed by atoms with van der Waals surface area (Å²) >= 11 is 0. The number of benzene rings is 2. The first-order chi connectivity index (χ1) is 16.8. The average Bonchev–Trinajstić information content (AvgIpc) is 2.91. The van der Waals surface area contributed by atoms with Crippen LogP contribution in [0.3, 0.4) is 0 Å². The largest absolute Gasteiger partial charge is 0.384 e. The molecule has 5 heteroatoms. The fourth-order valence-corrected chi connectivity index (χ4v) is 5.24. The van der Waals surface area contributed by atoms with E-state index in [9.17, 15) is 4.79 Å². The molecule has 0 radical (unpaired) electrons. The third-order valence-corrected chi connectivity index (χ3v) is 7.20. The Hall–Kier alpha value is -2.92. The van der Waals surface area contributed by atoms with Crippen molar-refractivity contribution in [1.29, 1.82) is 0 Å². The van der Waals surface area contributed by atoms with Gasteiger partial charge < -0.3 is 15.1 Å². The van der Waals surface area contributed by atoms with Gasteiger partial charge in [0, 0.05) is 41.8 Å². The summed E-state index contributed by atoms with van der Waals surface area (Å²) < 4.78 is 0. The summed E-state index contributed by atoms with van der Waals surface area (Å²) in [6.45, 7) is 6.36. The standard InChI is InChI=1S/C29H36N4O/c34-29(33-20-7-2-8-21-33)24-14-12-23(13-15-24)27-22-28(25-10-3-4-11-26(25)31-27)30-16-9-19-32-17-5-1-6-18-32/h3-4,10-15,22H,1-2,5-9,16-21H2,(H,30,31). The summed E-state index contributed by atoms with van der Waals surface area (Å²) in [6, 6.07) is 18.5. The highest BCUT2D eigenvalue weighted by Gasteiger charge is 2.18. The van der Waals surface area contributed by atoms with Crippen LogP contribution in [0.25, 0.3) is 22.2 Å². The minimum absolute atomic E-state index is 0.147. The second-order valence-electron chi connectivity index (χ2n) is 9.69. The number of piperidine rings is 2. The van der Waals surface area contributed by atoms with Crippen LogP contribution in [0.1, 0.15) is 55.3 Å². The van der Waals surface area contributed by atoms with E-state index in [1.165, 1.54) is 38.8 Å². The molecule has 2 aromatic carbocycles. The molecule has 0 atom stereocenters. The molecule has 1 amide bonds. The van der Waals surface area contributed by atoms with Crippen molar-refractivity contribution in [2.45, 2.75) is 44.9 Å². The second kappa shape index (κ2) is 11.0. The van der Waals surface area contributed by atoms with Crippen LogP contribution in [0, 0.1) is 0 Å². The molecule has 0 unspecified atom stereocenters. The minimum atomic E-state index is 0.147. The first-order valence-corrected chi connectivity index (χ1v) is 13.0. The highest BCUT2D eigenvalue weighted by Crippen LogP contribution is 2.29. The zero-order chi connectivity index (χ0) is 23.2. The number of para-hydroxylation sites is 1. The number of nitrogens with one attached hydrogen (secondary N) is 1. The van der Waals surface area contributed by atoms with E-state index in [1.54, 1.807) is 0 Å². The molecule has 0 saturated carbocycles. The molecule has 3 heterocycles. The molecule has 2 fully saturated rings. The monoisotopic (exact) mass is 456 g/mol. The second-order valence-corrected chi connectivity index (χ2v) is 9.69. The maximum absolute atomic E-state index is 12.8. The zero-order valence-electron chi connectivity index (χ0n) is 20.1. The first kappa shape index (κ1) is 22.9. The van der Waals surface area contributed by atoms with Gasteiger partial charge in [0.1, 0.15) is 0 Å². The molecule has 0 spiro atoms. The van der Waals surface area contributed by atoms with Gasteiger partial charge in [-0.25, -0.2) is 4.98 Å². The van der Waals surface area contributed by atoms with Crippen LogP contribution < -0.4 is 5.32 Å². The topological polar surface area (TPSA) is 48.5 Å². The van der Waals surface area contributed by atoms with Gasteiger partial charge in [0.25, 0.3) is 5.91 Å². The Balaban J connectivity index is 1.30. The molecular formula is C29H36N4O. The molecule has 5 rings (SSSR count). The SMILES string of the molecule is O=C(c1ccc(-c2cc(NCCCN3CCCCC3)c3ccccc3n2)cc1)N1CCCCC1. The normalized spacial score (nSPS) is 17.1. The van der Waals surface area contributed by atoms with Gasteiger partial charge in [-0.1, -0.05) is 36.8 Å². The van der Waals surface area contributed by atoms with E-state index in [1.807, 2.05) is 35.2 Å². The third kappa shape index (κ3) is 5.41. The number of carbonyl (C=O) groups excluding carboxylic acids is 1. The predicted molar refractivity (Wildman–Crippen MR) is 140 cm³/mol. The van der Waals surface area contributed by atoms with Crippen molar-refractivity contribution in [1.82, 2.24) is 14.8 Å². The maximum atomic E-state index is 12.8. The van der Waals surface area contributed by atoms with Gasteiger partial charge in [0.05, 0.1) is 11.2 Å². The quantitative estimate of drug-likeness (QED) is 0.456. The Morgan fingerprint density at radius 2 is 1.56 bits per heavy atom. The zero-order valence-corrected chi connectivity index (χ0v) is 20.1. The van der Waals surface area contributed by atoms with Crippen molar-refractivity contribution in [2.24, 2.45) is 0 Å². The maximum Gasteiger partial charge on any atom is 0.253 e. The fraction of sp³-hybridized carbons (Fsp3) is 0.448.